The van der Waals surface area contributed by atoms with E-state index >= 15 is 0 Å². The summed E-state index contributed by atoms with van der Waals surface area (Å²) in [5.41, 5.74) is 0.290. The molecule has 1 aromatic rings. The summed E-state index contributed by atoms with van der Waals surface area (Å²) in [5.74, 6) is -0.693. The van der Waals surface area contributed by atoms with Crippen LogP contribution in [-0.4, -0.2) is 5.97 Å². The van der Waals surface area contributed by atoms with Gasteiger partial charge >= 0.3 is 0 Å². The Morgan fingerprint density at radius 3 is 2.55 bits per heavy atom. The van der Waals surface area contributed by atoms with E-state index < -0.39 is 5.97 Å². The summed E-state index contributed by atoms with van der Waals surface area (Å²) < 4.78 is 0. The van der Waals surface area contributed by atoms with Crippen molar-refractivity contribution in [2.45, 2.75) is 19.8 Å². The molecule has 0 saturated heterocycles. The van der Waals surface area contributed by atoms with Gasteiger partial charge < -0.3 is 9.90 Å². The Morgan fingerprint density at radius 1 is 1.64 bits per heavy atom. The van der Waals surface area contributed by atoms with Crippen LogP contribution in [0.3, 0.4) is 0 Å². The predicted molar refractivity (Wildman–Crippen MR) is 42.7 cm³/mol. The second-order valence-corrected chi connectivity index (χ2v) is 3.62. The van der Waals surface area contributed by atoms with Gasteiger partial charge in [0.2, 0.25) is 0 Å². The molecule has 0 aliphatic heterocycles. The normalized spacial score (nSPS) is 10.5. The Morgan fingerprint density at radius 2 is 2.27 bits per heavy atom. The molecule has 11 heavy (non-hydrogen) atoms. The Hall–Kier alpha value is -0.830. The van der Waals surface area contributed by atoms with Crippen LogP contribution in [0.4, 0.5) is 0 Å². The molecule has 3 heteroatoms. The van der Waals surface area contributed by atoms with Gasteiger partial charge in [-0.05, 0) is 12.0 Å². The first kappa shape index (κ1) is 8.27. The molecule has 0 radical (unpaired) electrons. The maximum absolute atomic E-state index is 10.3. The number of carboxylic acids is 1. The number of carbonyl (C=O) groups excluding carboxylic acids is 1. The number of rotatable bonds is 2. The van der Waals surface area contributed by atoms with Gasteiger partial charge in [0.25, 0.3) is 0 Å². The molecule has 1 heterocycles. The fourth-order valence-corrected chi connectivity index (χ4v) is 1.66. The Labute approximate surface area is 69.5 Å². The van der Waals surface area contributed by atoms with E-state index in [0.717, 1.165) is 4.88 Å². The zero-order valence-electron chi connectivity index (χ0n) is 6.46. The lowest BCUT2D eigenvalue weighted by Gasteiger charge is -1.98. The van der Waals surface area contributed by atoms with Crippen molar-refractivity contribution in [3.8, 4) is 0 Å². The lowest BCUT2D eigenvalue weighted by atomic mass is 10.1. The summed E-state index contributed by atoms with van der Waals surface area (Å²) in [5, 5.41) is 11.9. The summed E-state index contributed by atoms with van der Waals surface area (Å²) in [7, 11) is 0. The average molecular weight is 169 g/mol. The van der Waals surface area contributed by atoms with E-state index in [1.807, 2.05) is 13.8 Å². The fraction of sp³-hybridized carbons (Fsp3) is 0.375. The number of aromatic carboxylic acids is 1. The minimum absolute atomic E-state index is 0.290. The van der Waals surface area contributed by atoms with Crippen LogP contribution in [0, 0.1) is 0 Å². The van der Waals surface area contributed by atoms with Crippen molar-refractivity contribution >= 4 is 17.3 Å². The van der Waals surface area contributed by atoms with Gasteiger partial charge in [0.1, 0.15) is 0 Å². The first-order chi connectivity index (χ1) is 5.11. The summed E-state index contributed by atoms with van der Waals surface area (Å²) in [4.78, 5) is 11.4. The van der Waals surface area contributed by atoms with Crippen molar-refractivity contribution < 1.29 is 9.90 Å². The smallest absolute Gasteiger partial charge is 0.0723 e. The molecule has 0 amide bonds. The van der Waals surface area contributed by atoms with Crippen molar-refractivity contribution in [1.29, 1.82) is 0 Å². The molecular formula is C8H9O2S-. The number of carbonyl (C=O) groups is 1. The van der Waals surface area contributed by atoms with E-state index in [-0.39, 0.29) is 0 Å². The van der Waals surface area contributed by atoms with Gasteiger partial charge in [0.15, 0.2) is 0 Å². The topological polar surface area (TPSA) is 40.1 Å². The molecule has 60 valence electrons. The molecule has 0 aromatic carbocycles. The summed E-state index contributed by atoms with van der Waals surface area (Å²) in [6, 6.07) is 1.67. The van der Waals surface area contributed by atoms with Crippen molar-refractivity contribution in [3.63, 3.8) is 0 Å². The molecule has 0 bridgehead atoms. The van der Waals surface area contributed by atoms with Gasteiger partial charge in [-0.25, -0.2) is 0 Å². The highest BCUT2D eigenvalue weighted by Gasteiger charge is 2.03. The van der Waals surface area contributed by atoms with Gasteiger partial charge in [0.05, 0.1) is 5.97 Å². The van der Waals surface area contributed by atoms with Gasteiger partial charge in [0, 0.05) is 15.8 Å². The Kier molecular flexibility index (Phi) is 2.29. The average Bonchev–Trinajstić information content (AvgIpc) is 2.33. The van der Waals surface area contributed by atoms with Crippen LogP contribution < -0.4 is 5.11 Å². The minimum atomic E-state index is -1.09. The van der Waals surface area contributed by atoms with E-state index in [1.165, 1.54) is 11.3 Å². The largest absolute Gasteiger partial charge is 0.545 e. The number of hydrogen-bond donors (Lipinski definition) is 0. The van der Waals surface area contributed by atoms with Crippen LogP contribution in [0.15, 0.2) is 11.4 Å². The lowest BCUT2D eigenvalue weighted by molar-refractivity contribution is -0.255. The summed E-state index contributed by atoms with van der Waals surface area (Å²) in [6.45, 7) is 4.07. The molecule has 0 fully saturated rings. The van der Waals surface area contributed by atoms with Gasteiger partial charge in [-0.15, -0.1) is 11.3 Å². The molecule has 0 aliphatic rings. The van der Waals surface area contributed by atoms with Crippen LogP contribution in [0.5, 0.6) is 0 Å². The Balaban J connectivity index is 2.90. The zero-order chi connectivity index (χ0) is 8.43. The molecule has 0 spiro atoms. The van der Waals surface area contributed by atoms with E-state index in [1.54, 1.807) is 11.4 Å². The highest BCUT2D eigenvalue weighted by Crippen LogP contribution is 2.22. The monoisotopic (exact) mass is 169 g/mol. The molecule has 0 unspecified atom stereocenters. The standard InChI is InChI=1S/C8H10O2S/c1-5(2)7-3-6(4-11-7)8(9)10/h3-5H,1-2H3,(H,9,10)/p-1. The van der Waals surface area contributed by atoms with Crippen LogP contribution >= 0.6 is 11.3 Å². The van der Waals surface area contributed by atoms with Gasteiger partial charge in [-0.1, -0.05) is 13.8 Å². The second-order valence-electron chi connectivity index (χ2n) is 2.68. The molecule has 0 atom stereocenters. The fourth-order valence-electron chi connectivity index (χ4n) is 0.763. The maximum atomic E-state index is 10.3. The van der Waals surface area contributed by atoms with Crippen LogP contribution in [0.25, 0.3) is 0 Å². The maximum Gasteiger partial charge on any atom is 0.0723 e. The van der Waals surface area contributed by atoms with Crippen LogP contribution in [-0.2, 0) is 0 Å². The SMILES string of the molecule is CC(C)c1cc(C(=O)[O-])cs1. The molecular weight excluding hydrogens is 160 g/mol. The third-order valence-corrected chi connectivity index (χ3v) is 2.66. The third-order valence-electron chi connectivity index (χ3n) is 1.42. The lowest BCUT2D eigenvalue weighted by Crippen LogP contribution is -2.21. The van der Waals surface area contributed by atoms with Gasteiger partial charge in [-0.2, -0.15) is 0 Å². The quantitative estimate of drug-likeness (QED) is 0.668. The molecule has 1 rings (SSSR count). The van der Waals surface area contributed by atoms with Crippen molar-refractivity contribution in [2.24, 2.45) is 0 Å². The molecule has 0 N–H and O–H groups in total. The number of hydrogen-bond acceptors (Lipinski definition) is 3. The summed E-state index contributed by atoms with van der Waals surface area (Å²) in [6.07, 6.45) is 0. The predicted octanol–water partition coefficient (Wildman–Crippen LogP) is 1.24. The molecule has 1 aromatic heterocycles. The molecule has 0 saturated carbocycles. The first-order valence-corrected chi connectivity index (χ1v) is 4.29. The zero-order valence-corrected chi connectivity index (χ0v) is 7.27. The summed E-state index contributed by atoms with van der Waals surface area (Å²) >= 11 is 1.47. The third kappa shape index (κ3) is 1.80. The first-order valence-electron chi connectivity index (χ1n) is 3.41. The van der Waals surface area contributed by atoms with E-state index in [0.29, 0.717) is 11.5 Å². The number of thiophene rings is 1. The highest BCUT2D eigenvalue weighted by molar-refractivity contribution is 7.10. The highest BCUT2D eigenvalue weighted by atomic mass is 32.1. The van der Waals surface area contributed by atoms with Crippen molar-refractivity contribution in [2.75, 3.05) is 0 Å². The minimum Gasteiger partial charge on any atom is -0.545 e. The molecule has 0 aliphatic carbocycles. The van der Waals surface area contributed by atoms with Crippen molar-refractivity contribution in [3.05, 3.63) is 21.9 Å². The van der Waals surface area contributed by atoms with Crippen LogP contribution in [0.2, 0.25) is 0 Å². The van der Waals surface area contributed by atoms with Gasteiger partial charge in [-0.3, -0.25) is 0 Å². The Bertz CT molecular complexity index is 263. The van der Waals surface area contributed by atoms with E-state index in [4.69, 9.17) is 0 Å². The van der Waals surface area contributed by atoms with Crippen LogP contribution in [0.1, 0.15) is 35.0 Å². The second kappa shape index (κ2) is 3.05. The molecule has 2 nitrogen and oxygen atoms in total. The number of carboxylic acid groups (broad SMARTS) is 1. The van der Waals surface area contributed by atoms with E-state index in [9.17, 15) is 9.90 Å². The van der Waals surface area contributed by atoms with E-state index in [2.05, 4.69) is 0 Å². The van der Waals surface area contributed by atoms with Crippen molar-refractivity contribution in [1.82, 2.24) is 0 Å².